The largest absolute Gasteiger partial charge is 0.471 e. The van der Waals surface area contributed by atoms with Crippen molar-refractivity contribution in [1.29, 1.82) is 0 Å². The average molecular weight is 383 g/mol. The third-order valence-corrected chi connectivity index (χ3v) is 4.20. The first-order chi connectivity index (χ1) is 13.4. The summed E-state index contributed by atoms with van der Waals surface area (Å²) in [6.07, 6.45) is 3.65. The molecule has 144 valence electrons. The zero-order chi connectivity index (χ0) is 20.1. The van der Waals surface area contributed by atoms with Crippen molar-refractivity contribution in [3.8, 4) is 5.88 Å². The molecule has 0 spiro atoms. The zero-order valence-electron chi connectivity index (χ0n) is 15.2. The maximum atomic E-state index is 13.1. The van der Waals surface area contributed by atoms with Crippen molar-refractivity contribution in [1.82, 2.24) is 15.3 Å². The number of amides is 1. The van der Waals surface area contributed by atoms with E-state index in [4.69, 9.17) is 4.74 Å². The molecular weight excluding hydrogens is 364 g/mol. The highest BCUT2D eigenvalue weighted by Crippen LogP contribution is 2.20. The molecule has 1 unspecified atom stereocenters. The quantitative estimate of drug-likeness (QED) is 0.617. The van der Waals surface area contributed by atoms with E-state index in [0.29, 0.717) is 22.7 Å². The molecule has 0 fully saturated rings. The lowest BCUT2D eigenvalue weighted by atomic mass is 10.1. The molecule has 7 heteroatoms. The predicted molar refractivity (Wildman–Crippen MR) is 103 cm³/mol. The second-order valence-electron chi connectivity index (χ2n) is 6.26. The van der Waals surface area contributed by atoms with E-state index in [1.165, 1.54) is 12.3 Å². The topological polar surface area (TPSA) is 64.1 Å². The number of hydrogen-bond acceptors (Lipinski definition) is 4. The molecule has 1 amide bonds. The summed E-state index contributed by atoms with van der Waals surface area (Å²) in [5.41, 5.74) is 1.81. The van der Waals surface area contributed by atoms with Crippen molar-refractivity contribution in [2.45, 2.75) is 18.9 Å². The van der Waals surface area contributed by atoms with Crippen molar-refractivity contribution in [2.24, 2.45) is 0 Å². The van der Waals surface area contributed by atoms with Crippen LogP contribution in [0.3, 0.4) is 0 Å². The maximum Gasteiger partial charge on any atom is 0.299 e. The van der Waals surface area contributed by atoms with E-state index < -0.39 is 12.5 Å². The number of carbonyl (C=O) groups is 1. The van der Waals surface area contributed by atoms with Gasteiger partial charge in [0.15, 0.2) is 6.61 Å². The first-order valence-corrected chi connectivity index (χ1v) is 8.64. The molecular formula is C21H19F2N3O2. The summed E-state index contributed by atoms with van der Waals surface area (Å²) in [7, 11) is 0. The number of fused-ring (bicyclic) bond motifs is 1. The van der Waals surface area contributed by atoms with Gasteiger partial charge in [-0.2, -0.15) is 8.78 Å². The fraction of sp³-hybridized carbons (Fsp3) is 0.190. The molecule has 3 aromatic rings. The highest BCUT2D eigenvalue weighted by molar-refractivity contribution is 6.05. The SMILES string of the molecule is C=CC(F)(F)COc1ccc(C(C)NC(=O)c2cccc3cccnc23)cn1. The zero-order valence-corrected chi connectivity index (χ0v) is 15.2. The first-order valence-electron chi connectivity index (χ1n) is 8.64. The summed E-state index contributed by atoms with van der Waals surface area (Å²) in [5, 5.41) is 3.77. The van der Waals surface area contributed by atoms with Crippen molar-refractivity contribution in [3.63, 3.8) is 0 Å². The maximum absolute atomic E-state index is 13.1. The van der Waals surface area contributed by atoms with Gasteiger partial charge in [0.1, 0.15) is 0 Å². The van der Waals surface area contributed by atoms with Crippen LogP contribution in [0.25, 0.3) is 10.9 Å². The number of aromatic nitrogens is 2. The lowest BCUT2D eigenvalue weighted by Crippen LogP contribution is -2.27. The Balaban J connectivity index is 1.68. The number of alkyl halides is 2. The minimum Gasteiger partial charge on any atom is -0.471 e. The van der Waals surface area contributed by atoms with Gasteiger partial charge in [-0.05, 0) is 30.7 Å². The van der Waals surface area contributed by atoms with Gasteiger partial charge in [-0.15, -0.1) is 0 Å². The van der Waals surface area contributed by atoms with Crippen LogP contribution < -0.4 is 10.1 Å². The van der Waals surface area contributed by atoms with Gasteiger partial charge in [-0.1, -0.05) is 30.8 Å². The number of nitrogens with zero attached hydrogens (tertiary/aromatic N) is 2. The number of pyridine rings is 2. The van der Waals surface area contributed by atoms with Gasteiger partial charge in [-0.3, -0.25) is 9.78 Å². The van der Waals surface area contributed by atoms with E-state index in [1.807, 2.05) is 18.2 Å². The Bertz CT molecular complexity index is 985. The van der Waals surface area contributed by atoms with Crippen LogP contribution in [-0.2, 0) is 0 Å². The van der Waals surface area contributed by atoms with Gasteiger partial charge >= 0.3 is 0 Å². The molecule has 3 rings (SSSR count). The molecule has 0 aliphatic heterocycles. The van der Waals surface area contributed by atoms with Crippen LogP contribution >= 0.6 is 0 Å². The molecule has 1 N–H and O–H groups in total. The fourth-order valence-corrected chi connectivity index (χ4v) is 2.61. The van der Waals surface area contributed by atoms with Crippen LogP contribution in [0.4, 0.5) is 8.78 Å². The van der Waals surface area contributed by atoms with Crippen molar-refractivity contribution < 1.29 is 18.3 Å². The molecule has 0 radical (unpaired) electrons. The highest BCUT2D eigenvalue weighted by Gasteiger charge is 2.25. The van der Waals surface area contributed by atoms with Gasteiger partial charge in [0.25, 0.3) is 11.8 Å². The lowest BCUT2D eigenvalue weighted by Gasteiger charge is -2.16. The molecule has 28 heavy (non-hydrogen) atoms. The number of para-hydroxylation sites is 1. The predicted octanol–water partition coefficient (Wildman–Crippen LogP) is 4.32. The third-order valence-electron chi connectivity index (χ3n) is 4.20. The Hall–Kier alpha value is -3.35. The molecule has 5 nitrogen and oxygen atoms in total. The number of rotatable bonds is 7. The number of nitrogens with one attached hydrogen (secondary N) is 1. The van der Waals surface area contributed by atoms with Crippen molar-refractivity contribution in [3.05, 3.63) is 78.6 Å². The third kappa shape index (κ3) is 4.49. The summed E-state index contributed by atoms with van der Waals surface area (Å²) in [6, 6.07) is 11.9. The fourth-order valence-electron chi connectivity index (χ4n) is 2.61. The molecule has 2 aromatic heterocycles. The number of carbonyl (C=O) groups excluding carboxylic acids is 1. The Morgan fingerprint density at radius 3 is 2.75 bits per heavy atom. The molecule has 0 saturated heterocycles. The molecule has 0 bridgehead atoms. The number of ether oxygens (including phenoxy) is 1. The van der Waals surface area contributed by atoms with E-state index in [1.54, 1.807) is 31.3 Å². The van der Waals surface area contributed by atoms with E-state index in [9.17, 15) is 13.6 Å². The molecule has 2 heterocycles. The highest BCUT2D eigenvalue weighted by atomic mass is 19.3. The Morgan fingerprint density at radius 2 is 2.04 bits per heavy atom. The standard InChI is InChI=1S/C21H19F2N3O2/c1-3-21(22,23)13-28-18-10-9-16(12-25-18)14(2)26-20(27)17-8-4-6-15-7-5-11-24-19(15)17/h3-12,14H,1,13H2,2H3,(H,26,27). The minimum atomic E-state index is -3.12. The normalized spacial score (nSPS) is 12.4. The summed E-state index contributed by atoms with van der Waals surface area (Å²) < 4.78 is 31.2. The van der Waals surface area contributed by atoms with E-state index in [2.05, 4.69) is 21.9 Å². The van der Waals surface area contributed by atoms with Gasteiger partial charge in [0.05, 0.1) is 17.1 Å². The Kier molecular flexibility index (Phi) is 5.63. The summed E-state index contributed by atoms with van der Waals surface area (Å²) in [4.78, 5) is 21.0. The van der Waals surface area contributed by atoms with Crippen molar-refractivity contribution >= 4 is 16.8 Å². The van der Waals surface area contributed by atoms with E-state index in [0.717, 1.165) is 5.39 Å². The lowest BCUT2D eigenvalue weighted by molar-refractivity contribution is 0.00393. The summed E-state index contributed by atoms with van der Waals surface area (Å²) in [5.74, 6) is -3.31. The average Bonchev–Trinajstić information content (AvgIpc) is 2.72. The van der Waals surface area contributed by atoms with Crippen LogP contribution in [0.1, 0.15) is 28.9 Å². The summed E-state index contributed by atoms with van der Waals surface area (Å²) >= 11 is 0. The number of halogens is 2. The van der Waals surface area contributed by atoms with Gasteiger partial charge in [-0.25, -0.2) is 4.98 Å². The number of hydrogen-bond donors (Lipinski definition) is 1. The van der Waals surface area contributed by atoms with E-state index >= 15 is 0 Å². The van der Waals surface area contributed by atoms with Crippen molar-refractivity contribution in [2.75, 3.05) is 6.61 Å². The number of benzene rings is 1. The van der Waals surface area contributed by atoms with E-state index in [-0.39, 0.29) is 17.8 Å². The first kappa shape index (κ1) is 19.4. The molecule has 1 aromatic carbocycles. The van der Waals surface area contributed by atoms with Crippen LogP contribution in [0.5, 0.6) is 5.88 Å². The Morgan fingerprint density at radius 1 is 1.25 bits per heavy atom. The van der Waals surface area contributed by atoms with Crippen LogP contribution in [0, 0.1) is 0 Å². The minimum absolute atomic E-state index is 0.0713. The molecule has 0 aliphatic rings. The van der Waals surface area contributed by atoms with Gasteiger partial charge in [0.2, 0.25) is 5.88 Å². The molecule has 0 saturated carbocycles. The monoisotopic (exact) mass is 383 g/mol. The summed E-state index contributed by atoms with van der Waals surface area (Å²) in [6.45, 7) is 4.03. The molecule has 1 atom stereocenters. The van der Waals surface area contributed by atoms with Crippen LogP contribution in [0.2, 0.25) is 0 Å². The van der Waals surface area contributed by atoms with Crippen LogP contribution in [-0.4, -0.2) is 28.4 Å². The van der Waals surface area contributed by atoms with Gasteiger partial charge < -0.3 is 10.1 Å². The molecule has 0 aliphatic carbocycles. The Labute approximate surface area is 161 Å². The van der Waals surface area contributed by atoms with Gasteiger partial charge in [0, 0.05) is 23.8 Å². The second-order valence-corrected chi connectivity index (χ2v) is 6.26. The smallest absolute Gasteiger partial charge is 0.299 e. The van der Waals surface area contributed by atoms with Crippen LogP contribution in [0.15, 0.2) is 67.5 Å². The second kappa shape index (κ2) is 8.12.